The fourth-order valence-corrected chi connectivity index (χ4v) is 1.41. The molecule has 0 atom stereocenters. The molecule has 0 saturated carbocycles. The fraction of sp³-hybridized carbons (Fsp3) is 0.0769. The summed E-state index contributed by atoms with van der Waals surface area (Å²) in [4.78, 5) is 23.0. The average molecular weight is 257 g/mol. The lowest BCUT2D eigenvalue weighted by Gasteiger charge is -2.04. The van der Waals surface area contributed by atoms with Crippen LogP contribution in [0.4, 0.5) is 0 Å². The number of methoxy groups -OCH3 is 1. The number of ether oxygens (including phenoxy) is 1. The first-order chi connectivity index (χ1) is 9.22. The highest BCUT2D eigenvalue weighted by molar-refractivity contribution is 6.01. The van der Waals surface area contributed by atoms with Gasteiger partial charge in [0.1, 0.15) is 5.69 Å². The molecule has 0 unspecified atom stereocenters. The van der Waals surface area contributed by atoms with Gasteiger partial charge in [0.15, 0.2) is 11.5 Å². The standard InChI is InChI=1S/C13H11N3O3/c1-19-11-4-2-3-9(12(11)17)7-16-13(18)10-8-14-5-6-15-10/h2-8,17H,1H3/b16-7+. The number of carbonyl (C=O) groups is 1. The summed E-state index contributed by atoms with van der Waals surface area (Å²) in [7, 11) is 1.45. The lowest BCUT2D eigenvalue weighted by atomic mass is 10.2. The number of aliphatic imine (C=N–C) groups is 1. The highest BCUT2D eigenvalue weighted by Crippen LogP contribution is 2.27. The molecule has 0 radical (unpaired) electrons. The van der Waals surface area contributed by atoms with Crippen molar-refractivity contribution in [2.24, 2.45) is 4.99 Å². The monoisotopic (exact) mass is 257 g/mol. The third kappa shape index (κ3) is 2.92. The number of hydrogen-bond acceptors (Lipinski definition) is 5. The topological polar surface area (TPSA) is 84.7 Å². The molecule has 0 saturated heterocycles. The predicted molar refractivity (Wildman–Crippen MR) is 68.6 cm³/mol. The highest BCUT2D eigenvalue weighted by atomic mass is 16.5. The molecule has 0 aliphatic carbocycles. The molecule has 6 nitrogen and oxygen atoms in total. The van der Waals surface area contributed by atoms with Gasteiger partial charge in [-0.1, -0.05) is 6.07 Å². The van der Waals surface area contributed by atoms with Crippen molar-refractivity contribution in [3.63, 3.8) is 0 Å². The van der Waals surface area contributed by atoms with Crippen molar-refractivity contribution in [1.29, 1.82) is 0 Å². The summed E-state index contributed by atoms with van der Waals surface area (Å²) in [6.07, 6.45) is 5.46. The van der Waals surface area contributed by atoms with Crippen LogP contribution in [0.3, 0.4) is 0 Å². The summed E-state index contributed by atoms with van der Waals surface area (Å²) in [6.45, 7) is 0. The Kier molecular flexibility index (Phi) is 3.82. The van der Waals surface area contributed by atoms with Gasteiger partial charge in [0.2, 0.25) is 0 Å². The van der Waals surface area contributed by atoms with Crippen molar-refractivity contribution in [2.45, 2.75) is 0 Å². The number of phenols is 1. The second-order valence-electron chi connectivity index (χ2n) is 3.55. The number of amides is 1. The molecule has 0 aliphatic rings. The molecule has 0 spiro atoms. The number of hydrogen-bond donors (Lipinski definition) is 1. The van der Waals surface area contributed by atoms with Crippen LogP contribution in [0.25, 0.3) is 0 Å². The third-order valence-electron chi connectivity index (χ3n) is 2.35. The number of para-hydroxylation sites is 1. The van der Waals surface area contributed by atoms with Gasteiger partial charge in [-0.25, -0.2) is 9.98 Å². The summed E-state index contributed by atoms with van der Waals surface area (Å²) < 4.78 is 4.96. The Bertz CT molecular complexity index is 612. The molecular weight excluding hydrogens is 246 g/mol. The number of carbonyl (C=O) groups excluding carboxylic acids is 1. The van der Waals surface area contributed by atoms with Crippen molar-refractivity contribution in [2.75, 3.05) is 7.11 Å². The number of nitrogens with zero attached hydrogens (tertiary/aromatic N) is 3. The van der Waals surface area contributed by atoms with E-state index in [1.54, 1.807) is 18.2 Å². The van der Waals surface area contributed by atoms with E-state index in [0.29, 0.717) is 11.3 Å². The van der Waals surface area contributed by atoms with Gasteiger partial charge >= 0.3 is 0 Å². The molecule has 19 heavy (non-hydrogen) atoms. The summed E-state index contributed by atoms with van der Waals surface area (Å²) in [6, 6.07) is 4.91. The molecule has 1 N–H and O–H groups in total. The van der Waals surface area contributed by atoms with Gasteiger partial charge < -0.3 is 9.84 Å². The molecule has 0 aliphatic heterocycles. The molecular formula is C13H11N3O3. The number of rotatable bonds is 3. The minimum Gasteiger partial charge on any atom is -0.504 e. The normalized spacial score (nSPS) is 10.6. The van der Waals surface area contributed by atoms with E-state index in [0.717, 1.165) is 0 Å². The van der Waals surface area contributed by atoms with E-state index in [4.69, 9.17) is 4.74 Å². The second kappa shape index (κ2) is 5.72. The summed E-state index contributed by atoms with van der Waals surface area (Å²) in [5.41, 5.74) is 0.526. The fourth-order valence-electron chi connectivity index (χ4n) is 1.41. The van der Waals surface area contributed by atoms with Crippen molar-refractivity contribution in [3.8, 4) is 11.5 Å². The van der Waals surface area contributed by atoms with Gasteiger partial charge in [-0.3, -0.25) is 9.78 Å². The van der Waals surface area contributed by atoms with Gasteiger partial charge in [-0.05, 0) is 12.1 Å². The zero-order chi connectivity index (χ0) is 13.7. The van der Waals surface area contributed by atoms with Crippen LogP contribution in [0.15, 0.2) is 41.8 Å². The zero-order valence-electron chi connectivity index (χ0n) is 10.1. The molecule has 1 aromatic carbocycles. The maximum absolute atomic E-state index is 11.7. The SMILES string of the molecule is COc1cccc(/C=N/C(=O)c2cnccn2)c1O. The van der Waals surface area contributed by atoms with Crippen molar-refractivity contribution < 1.29 is 14.6 Å². The van der Waals surface area contributed by atoms with Gasteiger partial charge in [0.05, 0.1) is 13.3 Å². The predicted octanol–water partition coefficient (Wildman–Crippen LogP) is 1.45. The van der Waals surface area contributed by atoms with E-state index in [-0.39, 0.29) is 11.4 Å². The quantitative estimate of drug-likeness (QED) is 0.841. The van der Waals surface area contributed by atoms with E-state index in [1.807, 2.05) is 0 Å². The largest absolute Gasteiger partial charge is 0.504 e. The van der Waals surface area contributed by atoms with Crippen LogP contribution in [0, 0.1) is 0 Å². The number of aromatic hydroxyl groups is 1. The van der Waals surface area contributed by atoms with Crippen LogP contribution in [-0.2, 0) is 0 Å². The Morgan fingerprint density at radius 3 is 2.95 bits per heavy atom. The first-order valence-corrected chi connectivity index (χ1v) is 5.42. The second-order valence-corrected chi connectivity index (χ2v) is 3.55. The molecule has 1 heterocycles. The first kappa shape index (κ1) is 12.7. The summed E-state index contributed by atoms with van der Waals surface area (Å²) in [5.74, 6) is -0.285. The van der Waals surface area contributed by atoms with Crippen LogP contribution in [0.5, 0.6) is 11.5 Å². The molecule has 6 heteroatoms. The Morgan fingerprint density at radius 2 is 2.26 bits per heavy atom. The van der Waals surface area contributed by atoms with Crippen LogP contribution in [0.1, 0.15) is 16.1 Å². The van der Waals surface area contributed by atoms with E-state index >= 15 is 0 Å². The van der Waals surface area contributed by atoms with E-state index in [9.17, 15) is 9.90 Å². The van der Waals surface area contributed by atoms with E-state index < -0.39 is 5.91 Å². The van der Waals surface area contributed by atoms with Gasteiger partial charge in [0, 0.05) is 24.2 Å². The molecule has 1 aromatic heterocycles. The molecule has 2 aromatic rings. The Balaban J connectivity index is 2.22. The number of aromatic nitrogens is 2. The van der Waals surface area contributed by atoms with Crippen molar-refractivity contribution in [1.82, 2.24) is 9.97 Å². The van der Waals surface area contributed by atoms with Gasteiger partial charge in [-0.15, -0.1) is 0 Å². The molecule has 0 bridgehead atoms. The molecule has 0 fully saturated rings. The van der Waals surface area contributed by atoms with Crippen LogP contribution < -0.4 is 4.74 Å². The smallest absolute Gasteiger partial charge is 0.297 e. The van der Waals surface area contributed by atoms with Crippen LogP contribution in [0.2, 0.25) is 0 Å². The first-order valence-electron chi connectivity index (χ1n) is 5.42. The molecule has 2 rings (SSSR count). The van der Waals surface area contributed by atoms with Gasteiger partial charge in [0.25, 0.3) is 5.91 Å². The Morgan fingerprint density at radius 1 is 1.42 bits per heavy atom. The van der Waals surface area contributed by atoms with E-state index in [1.165, 1.54) is 31.9 Å². The van der Waals surface area contributed by atoms with Gasteiger partial charge in [-0.2, -0.15) is 0 Å². The van der Waals surface area contributed by atoms with E-state index in [2.05, 4.69) is 15.0 Å². The highest BCUT2D eigenvalue weighted by Gasteiger charge is 2.07. The minimum absolute atomic E-state index is 0.0688. The molecule has 1 amide bonds. The third-order valence-corrected chi connectivity index (χ3v) is 2.35. The lowest BCUT2D eigenvalue weighted by molar-refractivity contribution is 0.0998. The summed E-state index contributed by atoms with van der Waals surface area (Å²) >= 11 is 0. The number of phenolic OH excluding ortho intramolecular Hbond substituents is 1. The Hall–Kier alpha value is -2.76. The summed E-state index contributed by atoms with van der Waals surface area (Å²) in [5, 5.41) is 9.82. The van der Waals surface area contributed by atoms with Crippen molar-refractivity contribution >= 4 is 12.1 Å². The minimum atomic E-state index is -0.532. The maximum atomic E-state index is 11.7. The lowest BCUT2D eigenvalue weighted by Crippen LogP contribution is -1.99. The number of benzene rings is 1. The van der Waals surface area contributed by atoms with Crippen molar-refractivity contribution in [3.05, 3.63) is 48.0 Å². The van der Waals surface area contributed by atoms with Crippen LogP contribution >= 0.6 is 0 Å². The Labute approximate surface area is 109 Å². The maximum Gasteiger partial charge on any atom is 0.297 e. The molecule has 96 valence electrons. The average Bonchev–Trinajstić information content (AvgIpc) is 2.47. The zero-order valence-corrected chi connectivity index (χ0v) is 10.1. The van der Waals surface area contributed by atoms with Crippen LogP contribution in [-0.4, -0.2) is 34.3 Å².